The van der Waals surface area contributed by atoms with Gasteiger partial charge < -0.3 is 15.8 Å². The SMILES string of the molecule is COc1ccccc1C(C)(C)CNCC1CC(N)C1. The van der Waals surface area contributed by atoms with Crippen molar-refractivity contribution < 1.29 is 4.74 Å². The highest BCUT2D eigenvalue weighted by Gasteiger charge is 2.27. The second-order valence-electron chi connectivity index (χ2n) is 6.31. The van der Waals surface area contributed by atoms with Gasteiger partial charge in [0.15, 0.2) is 0 Å². The standard InChI is InChI=1S/C16H26N2O/c1-16(2,11-18-10-12-8-13(17)9-12)14-6-4-5-7-15(14)19-3/h4-7,12-13,18H,8-11,17H2,1-3H3. The summed E-state index contributed by atoms with van der Waals surface area (Å²) in [4.78, 5) is 0. The third kappa shape index (κ3) is 3.48. The Labute approximate surface area is 116 Å². The molecule has 2 rings (SSSR count). The van der Waals surface area contributed by atoms with Crippen molar-refractivity contribution in [1.82, 2.24) is 5.32 Å². The minimum Gasteiger partial charge on any atom is -0.496 e. The molecule has 1 aliphatic carbocycles. The first-order valence-electron chi connectivity index (χ1n) is 7.12. The van der Waals surface area contributed by atoms with Crippen LogP contribution in [0, 0.1) is 5.92 Å². The smallest absolute Gasteiger partial charge is 0.122 e. The molecule has 0 radical (unpaired) electrons. The van der Waals surface area contributed by atoms with Crippen LogP contribution in [0.5, 0.6) is 5.75 Å². The molecule has 0 heterocycles. The third-order valence-electron chi connectivity index (χ3n) is 4.11. The lowest BCUT2D eigenvalue weighted by molar-refractivity contribution is 0.250. The number of ether oxygens (including phenoxy) is 1. The second kappa shape index (κ2) is 5.93. The molecule has 1 saturated carbocycles. The fourth-order valence-corrected chi connectivity index (χ4v) is 2.84. The topological polar surface area (TPSA) is 47.3 Å². The monoisotopic (exact) mass is 262 g/mol. The van der Waals surface area contributed by atoms with E-state index in [1.807, 2.05) is 12.1 Å². The number of para-hydroxylation sites is 1. The van der Waals surface area contributed by atoms with Gasteiger partial charge in [0, 0.05) is 23.6 Å². The first-order chi connectivity index (χ1) is 9.03. The minimum atomic E-state index is 0.0679. The predicted octanol–water partition coefficient (Wildman–Crippen LogP) is 2.30. The summed E-state index contributed by atoms with van der Waals surface area (Å²) in [6.45, 7) is 6.54. The van der Waals surface area contributed by atoms with Crippen molar-refractivity contribution in [3.05, 3.63) is 29.8 Å². The molecule has 0 aromatic heterocycles. The summed E-state index contributed by atoms with van der Waals surface area (Å²) in [7, 11) is 1.73. The molecule has 3 N–H and O–H groups in total. The van der Waals surface area contributed by atoms with Gasteiger partial charge in [-0.25, -0.2) is 0 Å². The second-order valence-corrected chi connectivity index (χ2v) is 6.31. The van der Waals surface area contributed by atoms with Gasteiger partial charge in [-0.15, -0.1) is 0 Å². The Balaban J connectivity index is 1.90. The highest BCUT2D eigenvalue weighted by Crippen LogP contribution is 2.31. The molecule has 0 unspecified atom stereocenters. The Hall–Kier alpha value is -1.06. The molecular formula is C16H26N2O. The summed E-state index contributed by atoms with van der Waals surface area (Å²) < 4.78 is 5.46. The lowest BCUT2D eigenvalue weighted by Gasteiger charge is -2.34. The number of hydrogen-bond acceptors (Lipinski definition) is 3. The van der Waals surface area contributed by atoms with Gasteiger partial charge >= 0.3 is 0 Å². The van der Waals surface area contributed by atoms with E-state index in [0.717, 1.165) is 24.8 Å². The zero-order valence-electron chi connectivity index (χ0n) is 12.3. The Morgan fingerprint density at radius 3 is 2.63 bits per heavy atom. The Morgan fingerprint density at radius 1 is 1.32 bits per heavy atom. The molecule has 106 valence electrons. The number of hydrogen-bond donors (Lipinski definition) is 2. The number of nitrogens with two attached hydrogens (primary N) is 1. The van der Waals surface area contributed by atoms with E-state index in [-0.39, 0.29) is 5.41 Å². The average molecular weight is 262 g/mol. The van der Waals surface area contributed by atoms with Crippen LogP contribution < -0.4 is 15.8 Å². The van der Waals surface area contributed by atoms with Crippen LogP contribution in [0.1, 0.15) is 32.3 Å². The van der Waals surface area contributed by atoms with E-state index in [1.165, 1.54) is 18.4 Å². The molecule has 1 fully saturated rings. The first-order valence-corrected chi connectivity index (χ1v) is 7.12. The van der Waals surface area contributed by atoms with E-state index in [9.17, 15) is 0 Å². The van der Waals surface area contributed by atoms with Crippen LogP contribution in [-0.2, 0) is 5.41 Å². The quantitative estimate of drug-likeness (QED) is 0.827. The molecule has 1 aromatic carbocycles. The molecule has 3 nitrogen and oxygen atoms in total. The molecule has 0 amide bonds. The zero-order chi connectivity index (χ0) is 13.9. The molecule has 0 bridgehead atoms. The molecule has 19 heavy (non-hydrogen) atoms. The summed E-state index contributed by atoms with van der Waals surface area (Å²) >= 11 is 0. The lowest BCUT2D eigenvalue weighted by atomic mass is 9.80. The predicted molar refractivity (Wildman–Crippen MR) is 79.6 cm³/mol. The normalized spacial score (nSPS) is 22.9. The Kier molecular flexibility index (Phi) is 4.48. The van der Waals surface area contributed by atoms with Gasteiger partial charge in [-0.1, -0.05) is 32.0 Å². The van der Waals surface area contributed by atoms with Crippen LogP contribution in [0.3, 0.4) is 0 Å². The van der Waals surface area contributed by atoms with E-state index < -0.39 is 0 Å². The van der Waals surface area contributed by atoms with Crippen LogP contribution in [0.25, 0.3) is 0 Å². The maximum absolute atomic E-state index is 5.81. The summed E-state index contributed by atoms with van der Waals surface area (Å²) in [6, 6.07) is 8.71. The van der Waals surface area contributed by atoms with Crippen molar-refractivity contribution in [1.29, 1.82) is 0 Å². The molecule has 0 saturated heterocycles. The molecule has 0 atom stereocenters. The van der Waals surface area contributed by atoms with Crippen LogP contribution in [0.15, 0.2) is 24.3 Å². The Bertz CT molecular complexity index is 411. The number of methoxy groups -OCH3 is 1. The van der Waals surface area contributed by atoms with Crippen molar-refractivity contribution in [3.63, 3.8) is 0 Å². The van der Waals surface area contributed by atoms with Gasteiger partial charge in [-0.3, -0.25) is 0 Å². The zero-order valence-corrected chi connectivity index (χ0v) is 12.3. The Morgan fingerprint density at radius 2 is 2.00 bits per heavy atom. The van der Waals surface area contributed by atoms with Gasteiger partial charge in [0.05, 0.1) is 7.11 Å². The van der Waals surface area contributed by atoms with Gasteiger partial charge in [0.2, 0.25) is 0 Å². The third-order valence-corrected chi connectivity index (χ3v) is 4.11. The maximum atomic E-state index is 5.81. The van der Waals surface area contributed by atoms with E-state index in [2.05, 4.69) is 31.3 Å². The molecule has 1 aromatic rings. The van der Waals surface area contributed by atoms with Crippen molar-refractivity contribution in [3.8, 4) is 5.75 Å². The first kappa shape index (κ1) is 14.4. The largest absolute Gasteiger partial charge is 0.496 e. The van der Waals surface area contributed by atoms with Gasteiger partial charge in [-0.05, 0) is 31.4 Å². The average Bonchev–Trinajstić information content (AvgIpc) is 2.36. The van der Waals surface area contributed by atoms with Crippen molar-refractivity contribution in [2.75, 3.05) is 20.2 Å². The number of nitrogens with one attached hydrogen (secondary N) is 1. The van der Waals surface area contributed by atoms with Crippen molar-refractivity contribution in [2.45, 2.75) is 38.1 Å². The van der Waals surface area contributed by atoms with Crippen LogP contribution in [-0.4, -0.2) is 26.2 Å². The van der Waals surface area contributed by atoms with E-state index >= 15 is 0 Å². The minimum absolute atomic E-state index is 0.0679. The van der Waals surface area contributed by atoms with Crippen molar-refractivity contribution in [2.24, 2.45) is 11.7 Å². The summed E-state index contributed by atoms with van der Waals surface area (Å²) in [5.74, 6) is 1.74. The molecular weight excluding hydrogens is 236 g/mol. The maximum Gasteiger partial charge on any atom is 0.122 e. The van der Waals surface area contributed by atoms with E-state index in [1.54, 1.807) is 7.11 Å². The highest BCUT2D eigenvalue weighted by atomic mass is 16.5. The highest BCUT2D eigenvalue weighted by molar-refractivity contribution is 5.39. The van der Waals surface area contributed by atoms with E-state index in [0.29, 0.717) is 6.04 Å². The fraction of sp³-hybridized carbons (Fsp3) is 0.625. The number of rotatable bonds is 6. The molecule has 1 aliphatic rings. The van der Waals surface area contributed by atoms with Gasteiger partial charge in [0.25, 0.3) is 0 Å². The summed E-state index contributed by atoms with van der Waals surface area (Å²) in [5.41, 5.74) is 7.14. The molecule has 3 heteroatoms. The molecule has 0 aliphatic heterocycles. The van der Waals surface area contributed by atoms with Crippen molar-refractivity contribution >= 4 is 0 Å². The van der Waals surface area contributed by atoms with Crippen LogP contribution in [0.2, 0.25) is 0 Å². The van der Waals surface area contributed by atoms with Gasteiger partial charge in [-0.2, -0.15) is 0 Å². The fourth-order valence-electron chi connectivity index (χ4n) is 2.84. The van der Waals surface area contributed by atoms with E-state index in [4.69, 9.17) is 10.5 Å². The summed E-state index contributed by atoms with van der Waals surface area (Å²) in [5, 5.41) is 3.59. The lowest BCUT2D eigenvalue weighted by Crippen LogP contribution is -2.43. The number of benzene rings is 1. The molecule has 0 spiro atoms. The van der Waals surface area contributed by atoms with Crippen LogP contribution in [0.4, 0.5) is 0 Å². The van der Waals surface area contributed by atoms with Crippen LogP contribution >= 0.6 is 0 Å². The van der Waals surface area contributed by atoms with Gasteiger partial charge in [0.1, 0.15) is 5.75 Å². The summed E-state index contributed by atoms with van der Waals surface area (Å²) in [6.07, 6.45) is 2.34.